The lowest BCUT2D eigenvalue weighted by atomic mass is 9.98. The van der Waals surface area contributed by atoms with E-state index in [2.05, 4.69) is 31.1 Å². The third-order valence-corrected chi connectivity index (χ3v) is 4.91. The van der Waals surface area contributed by atoms with Crippen LogP contribution in [0.3, 0.4) is 0 Å². The van der Waals surface area contributed by atoms with E-state index < -0.39 is 0 Å². The molecule has 1 aromatic heterocycles. The van der Waals surface area contributed by atoms with Crippen molar-refractivity contribution in [1.82, 2.24) is 10.3 Å². The van der Waals surface area contributed by atoms with Gasteiger partial charge in [0.1, 0.15) is 0 Å². The Morgan fingerprint density at radius 2 is 2.28 bits per heavy atom. The van der Waals surface area contributed by atoms with Crippen LogP contribution in [0.4, 0.5) is 5.13 Å². The van der Waals surface area contributed by atoms with Crippen LogP contribution >= 0.6 is 11.3 Å². The number of nitrogens with one attached hydrogen (secondary N) is 1. The number of hydrogen-bond acceptors (Lipinski definition) is 4. The standard InChI is InChI=1S/C14H25N3S/c1-10(2)8-9-17(4)14-16-13-11(15-3)6-5-7-12(13)18-14/h10-11,15H,5-9H2,1-4H3. The van der Waals surface area contributed by atoms with Gasteiger partial charge in [-0.2, -0.15) is 0 Å². The number of aromatic nitrogens is 1. The third kappa shape index (κ3) is 3.04. The van der Waals surface area contributed by atoms with Crippen LogP contribution in [0.15, 0.2) is 0 Å². The molecule has 18 heavy (non-hydrogen) atoms. The lowest BCUT2D eigenvalue weighted by molar-refractivity contribution is 0.489. The van der Waals surface area contributed by atoms with E-state index in [9.17, 15) is 0 Å². The van der Waals surface area contributed by atoms with E-state index in [-0.39, 0.29) is 0 Å². The van der Waals surface area contributed by atoms with E-state index in [1.807, 2.05) is 18.4 Å². The Morgan fingerprint density at radius 3 is 2.94 bits per heavy atom. The molecule has 0 aliphatic heterocycles. The highest BCUT2D eigenvalue weighted by Gasteiger charge is 2.24. The molecule has 0 saturated carbocycles. The van der Waals surface area contributed by atoms with Gasteiger partial charge in [-0.25, -0.2) is 4.98 Å². The predicted molar refractivity (Wildman–Crippen MR) is 79.6 cm³/mol. The van der Waals surface area contributed by atoms with E-state index in [1.165, 1.54) is 41.4 Å². The summed E-state index contributed by atoms with van der Waals surface area (Å²) in [5.41, 5.74) is 1.31. The predicted octanol–water partition coefficient (Wildman–Crippen LogP) is 3.22. The number of rotatable bonds is 5. The van der Waals surface area contributed by atoms with Gasteiger partial charge in [-0.1, -0.05) is 13.8 Å². The fraction of sp³-hybridized carbons (Fsp3) is 0.786. The number of thiazole rings is 1. The van der Waals surface area contributed by atoms with Crippen molar-refractivity contribution >= 4 is 16.5 Å². The summed E-state index contributed by atoms with van der Waals surface area (Å²) in [6.07, 6.45) is 4.96. The molecule has 0 spiro atoms. The summed E-state index contributed by atoms with van der Waals surface area (Å²) in [6.45, 7) is 5.66. The Morgan fingerprint density at radius 1 is 1.50 bits per heavy atom. The first kappa shape index (κ1) is 13.8. The van der Waals surface area contributed by atoms with Crippen molar-refractivity contribution in [1.29, 1.82) is 0 Å². The minimum Gasteiger partial charge on any atom is -0.351 e. The smallest absolute Gasteiger partial charge is 0.185 e. The van der Waals surface area contributed by atoms with E-state index in [0.717, 1.165) is 12.5 Å². The van der Waals surface area contributed by atoms with Gasteiger partial charge < -0.3 is 10.2 Å². The van der Waals surface area contributed by atoms with Crippen molar-refractivity contribution in [3.05, 3.63) is 10.6 Å². The highest BCUT2D eigenvalue weighted by atomic mass is 32.1. The monoisotopic (exact) mass is 267 g/mol. The van der Waals surface area contributed by atoms with E-state index in [0.29, 0.717) is 6.04 Å². The zero-order chi connectivity index (χ0) is 13.1. The topological polar surface area (TPSA) is 28.2 Å². The molecular formula is C14H25N3S. The van der Waals surface area contributed by atoms with Gasteiger partial charge in [0.05, 0.1) is 11.7 Å². The molecule has 2 rings (SSSR count). The molecule has 1 aliphatic carbocycles. The molecule has 1 N–H and O–H groups in total. The molecule has 102 valence electrons. The molecule has 4 heteroatoms. The Balaban J connectivity index is 2.08. The van der Waals surface area contributed by atoms with Crippen LogP contribution < -0.4 is 10.2 Å². The average molecular weight is 267 g/mol. The van der Waals surface area contributed by atoms with Crippen molar-refractivity contribution in [2.45, 2.75) is 45.6 Å². The molecule has 0 radical (unpaired) electrons. The Kier molecular flexibility index (Phi) is 4.62. The second-order valence-corrected chi connectivity index (χ2v) is 6.70. The summed E-state index contributed by atoms with van der Waals surface area (Å²) < 4.78 is 0. The maximum atomic E-state index is 4.86. The number of aryl methyl sites for hydroxylation is 1. The minimum absolute atomic E-state index is 0.470. The molecule has 1 aliphatic rings. The average Bonchev–Trinajstić information content (AvgIpc) is 2.79. The number of nitrogens with zero attached hydrogens (tertiary/aromatic N) is 2. The second-order valence-electron chi connectivity index (χ2n) is 5.64. The van der Waals surface area contributed by atoms with Gasteiger partial charge in [0, 0.05) is 18.5 Å². The van der Waals surface area contributed by atoms with Crippen LogP contribution in [-0.4, -0.2) is 25.6 Å². The molecule has 1 heterocycles. The summed E-state index contributed by atoms with van der Waals surface area (Å²) in [4.78, 5) is 8.67. The second kappa shape index (κ2) is 6.02. The Hall–Kier alpha value is -0.610. The zero-order valence-corrected chi connectivity index (χ0v) is 12.8. The number of anilines is 1. The molecule has 1 aromatic rings. The molecule has 1 unspecified atom stereocenters. The van der Waals surface area contributed by atoms with Gasteiger partial charge in [-0.05, 0) is 38.6 Å². The van der Waals surface area contributed by atoms with Crippen molar-refractivity contribution in [2.75, 3.05) is 25.5 Å². The lowest BCUT2D eigenvalue weighted by Gasteiger charge is -2.20. The van der Waals surface area contributed by atoms with Gasteiger partial charge in [0.2, 0.25) is 0 Å². The van der Waals surface area contributed by atoms with Gasteiger partial charge in [-0.3, -0.25) is 0 Å². The molecule has 1 atom stereocenters. The first-order valence-electron chi connectivity index (χ1n) is 6.99. The van der Waals surface area contributed by atoms with Crippen LogP contribution in [0, 0.1) is 5.92 Å². The van der Waals surface area contributed by atoms with Crippen LogP contribution in [0.25, 0.3) is 0 Å². The largest absolute Gasteiger partial charge is 0.351 e. The normalized spacial score (nSPS) is 19.1. The fourth-order valence-electron chi connectivity index (χ4n) is 2.40. The summed E-state index contributed by atoms with van der Waals surface area (Å²) in [5.74, 6) is 0.757. The van der Waals surface area contributed by atoms with Gasteiger partial charge in [0.15, 0.2) is 5.13 Å². The fourth-order valence-corrected chi connectivity index (χ4v) is 3.55. The van der Waals surface area contributed by atoms with E-state index in [1.54, 1.807) is 0 Å². The zero-order valence-electron chi connectivity index (χ0n) is 12.0. The molecule has 0 amide bonds. The summed E-state index contributed by atoms with van der Waals surface area (Å²) in [6, 6.07) is 0.470. The minimum atomic E-state index is 0.470. The van der Waals surface area contributed by atoms with Crippen LogP contribution in [0.5, 0.6) is 0 Å². The van der Waals surface area contributed by atoms with Crippen LogP contribution in [0.1, 0.15) is 49.7 Å². The molecule has 0 saturated heterocycles. The Bertz CT molecular complexity index is 386. The Labute approximate surface area is 115 Å². The molecular weight excluding hydrogens is 242 g/mol. The third-order valence-electron chi connectivity index (χ3n) is 3.66. The molecule has 0 bridgehead atoms. The quantitative estimate of drug-likeness (QED) is 0.888. The van der Waals surface area contributed by atoms with E-state index >= 15 is 0 Å². The number of fused-ring (bicyclic) bond motifs is 1. The highest BCUT2D eigenvalue weighted by Crippen LogP contribution is 2.36. The van der Waals surface area contributed by atoms with Crippen LogP contribution in [-0.2, 0) is 6.42 Å². The summed E-state index contributed by atoms with van der Waals surface area (Å²) in [5, 5.41) is 4.59. The van der Waals surface area contributed by atoms with Crippen molar-refractivity contribution in [2.24, 2.45) is 5.92 Å². The van der Waals surface area contributed by atoms with E-state index in [4.69, 9.17) is 4.98 Å². The van der Waals surface area contributed by atoms with Crippen molar-refractivity contribution in [3.8, 4) is 0 Å². The maximum Gasteiger partial charge on any atom is 0.185 e. The van der Waals surface area contributed by atoms with Crippen LogP contribution in [0.2, 0.25) is 0 Å². The van der Waals surface area contributed by atoms with Crippen molar-refractivity contribution < 1.29 is 0 Å². The lowest BCUT2D eigenvalue weighted by Crippen LogP contribution is -2.22. The van der Waals surface area contributed by atoms with Gasteiger partial charge >= 0.3 is 0 Å². The summed E-state index contributed by atoms with van der Waals surface area (Å²) in [7, 11) is 4.21. The van der Waals surface area contributed by atoms with Gasteiger partial charge in [-0.15, -0.1) is 11.3 Å². The summed E-state index contributed by atoms with van der Waals surface area (Å²) >= 11 is 1.89. The first-order chi connectivity index (χ1) is 8.61. The first-order valence-corrected chi connectivity index (χ1v) is 7.81. The maximum absolute atomic E-state index is 4.86. The van der Waals surface area contributed by atoms with Gasteiger partial charge in [0.25, 0.3) is 0 Å². The van der Waals surface area contributed by atoms with Crippen molar-refractivity contribution in [3.63, 3.8) is 0 Å². The highest BCUT2D eigenvalue weighted by molar-refractivity contribution is 7.15. The molecule has 0 aromatic carbocycles. The number of hydrogen-bond donors (Lipinski definition) is 1. The molecule has 3 nitrogen and oxygen atoms in total. The SMILES string of the molecule is CNC1CCCc2sc(N(C)CCC(C)C)nc21. The molecule has 0 fully saturated rings.